The van der Waals surface area contributed by atoms with E-state index in [1.54, 1.807) is 0 Å². The monoisotopic (exact) mass is 538 g/mol. The molecule has 2 heterocycles. The second-order valence-electron chi connectivity index (χ2n) is 13.8. The number of pyridine rings is 1. The number of Topliss-reactive ketones (excluding diaryl/α,β-unsaturated/α-hetero) is 1. The molecule has 4 aliphatic carbocycles. The lowest BCUT2D eigenvalue weighted by atomic mass is 9.44. The van der Waals surface area contributed by atoms with Crippen LogP contribution in [0.5, 0.6) is 5.75 Å². The van der Waals surface area contributed by atoms with Crippen LogP contribution in [0.4, 0.5) is 0 Å². The van der Waals surface area contributed by atoms with Crippen LogP contribution in [0.25, 0.3) is 0 Å². The fourth-order valence-electron chi connectivity index (χ4n) is 9.95. The van der Waals surface area contributed by atoms with Crippen LogP contribution in [0.15, 0.2) is 18.5 Å². The molecule has 7 unspecified atom stereocenters. The van der Waals surface area contributed by atoms with E-state index < -0.39 is 0 Å². The highest BCUT2D eigenvalue weighted by atomic mass is 16.5. The molecule has 0 amide bonds. The van der Waals surface area contributed by atoms with Crippen LogP contribution < -0.4 is 10.1 Å². The van der Waals surface area contributed by atoms with E-state index in [1.165, 1.54) is 24.8 Å². The van der Waals surface area contributed by atoms with Gasteiger partial charge >= 0.3 is 0 Å². The van der Waals surface area contributed by atoms with E-state index >= 15 is 0 Å². The van der Waals surface area contributed by atoms with Gasteiger partial charge in [-0.15, -0.1) is 0 Å². The Balaban J connectivity index is 1.09. The molecular weight excluding hydrogens is 488 g/mol. The van der Waals surface area contributed by atoms with Crippen molar-refractivity contribution in [2.24, 2.45) is 34.5 Å². The van der Waals surface area contributed by atoms with Crippen molar-refractivity contribution in [1.29, 1.82) is 0 Å². The fourth-order valence-corrected chi connectivity index (χ4v) is 9.95. The summed E-state index contributed by atoms with van der Waals surface area (Å²) in [5.41, 5.74) is 1.46. The van der Waals surface area contributed by atoms with Crippen LogP contribution in [-0.4, -0.2) is 47.8 Å². The van der Waals surface area contributed by atoms with Crippen LogP contribution in [0.3, 0.4) is 0 Å². The van der Waals surface area contributed by atoms with Gasteiger partial charge in [-0.1, -0.05) is 13.8 Å². The van der Waals surface area contributed by atoms with Gasteiger partial charge in [-0.25, -0.2) is 0 Å². The summed E-state index contributed by atoms with van der Waals surface area (Å²) in [7, 11) is 0. The van der Waals surface area contributed by atoms with Gasteiger partial charge in [-0.3, -0.25) is 9.78 Å². The molecule has 0 spiro atoms. The van der Waals surface area contributed by atoms with Gasteiger partial charge in [0, 0.05) is 43.6 Å². The predicted molar refractivity (Wildman–Crippen MR) is 151 cm³/mol. The first-order valence-corrected chi connectivity index (χ1v) is 16.1. The summed E-state index contributed by atoms with van der Waals surface area (Å²) in [6.07, 6.45) is 17.6. The van der Waals surface area contributed by atoms with Crippen LogP contribution in [0.1, 0.15) is 109 Å². The van der Waals surface area contributed by atoms with E-state index in [-0.39, 0.29) is 17.6 Å². The lowest BCUT2D eigenvalue weighted by molar-refractivity contribution is -0.145. The van der Waals surface area contributed by atoms with Crippen molar-refractivity contribution in [3.63, 3.8) is 0 Å². The quantitative estimate of drug-likeness (QED) is 0.400. The number of ether oxygens (including phenoxy) is 2. The Hall–Kier alpha value is -1.50. The number of ketones is 1. The molecule has 216 valence electrons. The maximum Gasteiger partial charge on any atom is 0.137 e. The van der Waals surface area contributed by atoms with E-state index in [0.29, 0.717) is 47.6 Å². The summed E-state index contributed by atoms with van der Waals surface area (Å²) in [6.45, 7) is 7.10. The Morgan fingerprint density at radius 1 is 1.15 bits per heavy atom. The molecule has 5 aliphatic rings. The van der Waals surface area contributed by atoms with E-state index in [2.05, 4.69) is 30.2 Å². The molecule has 5 fully saturated rings. The molecule has 4 saturated carbocycles. The molecule has 2 N–H and O–H groups in total. The Kier molecular flexibility index (Phi) is 8.09. The highest BCUT2D eigenvalue weighted by Gasteiger charge is 2.61. The summed E-state index contributed by atoms with van der Waals surface area (Å²) in [5.74, 6) is 3.88. The minimum Gasteiger partial charge on any atom is -0.492 e. The van der Waals surface area contributed by atoms with Crippen molar-refractivity contribution in [2.75, 3.05) is 19.8 Å². The van der Waals surface area contributed by atoms with Crippen molar-refractivity contribution in [2.45, 2.75) is 116 Å². The second-order valence-corrected chi connectivity index (χ2v) is 13.8. The summed E-state index contributed by atoms with van der Waals surface area (Å²) >= 11 is 0. The van der Waals surface area contributed by atoms with Crippen molar-refractivity contribution in [3.05, 3.63) is 24.0 Å². The topological polar surface area (TPSA) is 80.7 Å². The van der Waals surface area contributed by atoms with E-state index in [9.17, 15) is 9.90 Å². The average Bonchev–Trinajstić information content (AvgIpc) is 3.58. The van der Waals surface area contributed by atoms with Crippen molar-refractivity contribution in [1.82, 2.24) is 10.3 Å². The number of rotatable bonds is 9. The largest absolute Gasteiger partial charge is 0.492 e. The lowest BCUT2D eigenvalue weighted by Gasteiger charge is -2.60. The first-order chi connectivity index (χ1) is 18.9. The number of carbonyl (C=O) groups is 1. The SMILES string of the molecule is CCC(NCC1CCCO1)c1cncc(OCC[C@]23CCC4C(CCC5CC(=O)CC[C@@]54C)C2CCC3O)c1. The molecule has 6 heteroatoms. The summed E-state index contributed by atoms with van der Waals surface area (Å²) in [4.78, 5) is 16.7. The number of fused-ring (bicyclic) bond motifs is 5. The first-order valence-electron chi connectivity index (χ1n) is 16.1. The van der Waals surface area contributed by atoms with Crippen molar-refractivity contribution >= 4 is 5.78 Å². The van der Waals surface area contributed by atoms with Gasteiger partial charge in [0.25, 0.3) is 0 Å². The number of aliphatic hydroxyl groups is 1. The smallest absolute Gasteiger partial charge is 0.137 e. The minimum absolute atomic E-state index is 0.0192. The molecule has 6 rings (SSSR count). The zero-order valence-corrected chi connectivity index (χ0v) is 24.2. The lowest BCUT2D eigenvalue weighted by Crippen LogP contribution is -2.55. The highest BCUT2D eigenvalue weighted by Crippen LogP contribution is 2.66. The number of carbonyl (C=O) groups excluding carboxylic acids is 1. The summed E-state index contributed by atoms with van der Waals surface area (Å²) in [5, 5.41) is 15.0. The Morgan fingerprint density at radius 3 is 2.87 bits per heavy atom. The third kappa shape index (κ3) is 5.19. The maximum atomic E-state index is 12.2. The molecule has 0 aromatic carbocycles. The number of nitrogens with one attached hydrogen (secondary N) is 1. The normalized spacial score (nSPS) is 40.5. The second kappa shape index (κ2) is 11.4. The number of aromatic nitrogens is 1. The van der Waals surface area contributed by atoms with Gasteiger partial charge in [0.05, 0.1) is 25.0 Å². The van der Waals surface area contributed by atoms with Gasteiger partial charge in [-0.05, 0) is 111 Å². The number of nitrogens with zero attached hydrogens (tertiary/aromatic N) is 1. The number of aliphatic hydroxyl groups excluding tert-OH is 1. The van der Waals surface area contributed by atoms with Crippen LogP contribution in [0, 0.1) is 34.5 Å². The molecule has 1 aliphatic heterocycles. The Labute approximate surface area is 235 Å². The first kappa shape index (κ1) is 27.7. The molecule has 39 heavy (non-hydrogen) atoms. The van der Waals surface area contributed by atoms with Crippen molar-refractivity contribution < 1.29 is 19.4 Å². The average molecular weight is 539 g/mol. The molecule has 0 radical (unpaired) electrons. The molecule has 1 saturated heterocycles. The summed E-state index contributed by atoms with van der Waals surface area (Å²) in [6, 6.07) is 2.39. The van der Waals surface area contributed by atoms with E-state index in [4.69, 9.17) is 9.47 Å². The summed E-state index contributed by atoms with van der Waals surface area (Å²) < 4.78 is 12.2. The van der Waals surface area contributed by atoms with Crippen LogP contribution >= 0.6 is 0 Å². The molecule has 9 atom stereocenters. The van der Waals surface area contributed by atoms with E-state index in [0.717, 1.165) is 83.1 Å². The fraction of sp³-hybridized carbons (Fsp3) is 0.818. The zero-order valence-electron chi connectivity index (χ0n) is 24.2. The highest BCUT2D eigenvalue weighted by molar-refractivity contribution is 5.79. The van der Waals surface area contributed by atoms with Crippen molar-refractivity contribution in [3.8, 4) is 5.75 Å². The maximum absolute atomic E-state index is 12.2. The molecule has 1 aromatic rings. The standard InChI is InChI=1S/C33H50N2O4/c1-3-30(35-21-25-5-4-15-38-25)22-17-26(20-34-19-22)39-16-14-33-13-11-28-27(29(33)8-9-31(33)37)7-6-23-18-24(36)10-12-32(23,28)2/h17,19-20,23,25,27-31,35,37H,3-16,18,21H2,1-2H3/t23?,25?,27?,28?,29?,30?,31?,32-,33+/m0/s1. The third-order valence-electron chi connectivity index (χ3n) is 12.1. The minimum atomic E-state index is -0.221. The Bertz CT molecular complexity index is 1010. The molecule has 6 nitrogen and oxygen atoms in total. The molecular formula is C33H50N2O4. The van der Waals surface area contributed by atoms with Gasteiger partial charge < -0.3 is 19.9 Å². The molecule has 1 aromatic heterocycles. The van der Waals surface area contributed by atoms with Gasteiger partial charge in [0.15, 0.2) is 0 Å². The zero-order chi connectivity index (χ0) is 27.0. The van der Waals surface area contributed by atoms with Gasteiger partial charge in [0.1, 0.15) is 11.5 Å². The number of hydrogen-bond acceptors (Lipinski definition) is 6. The molecule has 0 bridgehead atoms. The van der Waals surface area contributed by atoms with E-state index in [1.807, 2.05) is 12.4 Å². The Morgan fingerprint density at radius 2 is 2.05 bits per heavy atom. The van der Waals surface area contributed by atoms with Gasteiger partial charge in [0.2, 0.25) is 0 Å². The van der Waals surface area contributed by atoms with Gasteiger partial charge in [-0.2, -0.15) is 0 Å². The predicted octanol–water partition coefficient (Wildman–Crippen LogP) is 6.02. The van der Waals surface area contributed by atoms with Crippen LogP contribution in [-0.2, 0) is 9.53 Å². The van der Waals surface area contributed by atoms with Crippen LogP contribution in [0.2, 0.25) is 0 Å². The number of hydrogen-bond donors (Lipinski definition) is 2. The third-order valence-corrected chi connectivity index (χ3v) is 12.1.